The van der Waals surface area contributed by atoms with Crippen molar-refractivity contribution in [3.8, 4) is 0 Å². The zero-order chi connectivity index (χ0) is 16.0. The number of nitrogens with one attached hydrogen (secondary N) is 1. The second-order valence-corrected chi connectivity index (χ2v) is 6.18. The average molecular weight is 303 g/mol. The van der Waals surface area contributed by atoms with Crippen LogP contribution < -0.4 is 5.32 Å². The van der Waals surface area contributed by atoms with Gasteiger partial charge in [-0.15, -0.1) is 0 Å². The van der Waals surface area contributed by atoms with Crippen LogP contribution in [0.5, 0.6) is 0 Å². The van der Waals surface area contributed by atoms with Gasteiger partial charge in [0.15, 0.2) is 0 Å². The standard InChI is InChI=1S/C20H33NO/c1-3-5-6-7-8-9-10-11-12-13-20(22)21-19-16-14-18(4-2)15-17-19/h14-17H,3-13H2,1-2H3,(H,21,22). The van der Waals surface area contributed by atoms with Crippen molar-refractivity contribution in [2.24, 2.45) is 0 Å². The Balaban J connectivity index is 2.01. The van der Waals surface area contributed by atoms with Crippen molar-refractivity contribution in [3.05, 3.63) is 29.8 Å². The van der Waals surface area contributed by atoms with E-state index >= 15 is 0 Å². The second kappa shape index (κ2) is 12.3. The third-order valence-corrected chi connectivity index (χ3v) is 4.15. The predicted octanol–water partition coefficient (Wildman–Crippen LogP) is 6.11. The Labute approximate surface area is 136 Å². The van der Waals surface area contributed by atoms with E-state index in [9.17, 15) is 4.79 Å². The number of hydrogen-bond donors (Lipinski definition) is 1. The molecule has 0 saturated heterocycles. The van der Waals surface area contributed by atoms with Gasteiger partial charge in [-0.05, 0) is 30.5 Å². The van der Waals surface area contributed by atoms with Crippen LogP contribution in [0.1, 0.15) is 83.6 Å². The van der Waals surface area contributed by atoms with E-state index < -0.39 is 0 Å². The SMILES string of the molecule is CCCCCCCCCCCC(=O)Nc1ccc(CC)cc1. The van der Waals surface area contributed by atoms with Gasteiger partial charge < -0.3 is 5.32 Å². The van der Waals surface area contributed by atoms with Crippen LogP contribution in [0.4, 0.5) is 5.69 Å². The van der Waals surface area contributed by atoms with Crippen LogP contribution in [0, 0.1) is 0 Å². The lowest BCUT2D eigenvalue weighted by Crippen LogP contribution is -2.10. The average Bonchev–Trinajstić information content (AvgIpc) is 2.54. The number of amides is 1. The molecule has 0 heterocycles. The van der Waals surface area contributed by atoms with E-state index in [0.717, 1.165) is 18.5 Å². The maximum absolute atomic E-state index is 11.9. The fourth-order valence-corrected chi connectivity index (χ4v) is 2.64. The monoisotopic (exact) mass is 303 g/mol. The molecule has 0 spiro atoms. The molecule has 2 heteroatoms. The summed E-state index contributed by atoms with van der Waals surface area (Å²) in [5, 5.41) is 2.98. The number of aryl methyl sites for hydroxylation is 1. The molecule has 0 radical (unpaired) electrons. The number of benzene rings is 1. The number of hydrogen-bond acceptors (Lipinski definition) is 1. The molecule has 124 valence electrons. The molecular weight excluding hydrogens is 270 g/mol. The summed E-state index contributed by atoms with van der Waals surface area (Å²) < 4.78 is 0. The number of rotatable bonds is 12. The Morgan fingerprint density at radius 3 is 1.91 bits per heavy atom. The van der Waals surface area contributed by atoms with Crippen LogP contribution in [0.15, 0.2) is 24.3 Å². The molecule has 2 nitrogen and oxygen atoms in total. The molecule has 1 N–H and O–H groups in total. The summed E-state index contributed by atoms with van der Waals surface area (Å²) in [4.78, 5) is 11.9. The zero-order valence-electron chi connectivity index (χ0n) is 14.5. The number of anilines is 1. The minimum absolute atomic E-state index is 0.146. The molecule has 1 aromatic carbocycles. The summed E-state index contributed by atoms with van der Waals surface area (Å²) in [7, 11) is 0. The van der Waals surface area contributed by atoms with Crippen molar-refractivity contribution in [3.63, 3.8) is 0 Å². The van der Waals surface area contributed by atoms with Gasteiger partial charge in [0.2, 0.25) is 5.91 Å². The third-order valence-electron chi connectivity index (χ3n) is 4.15. The Morgan fingerprint density at radius 1 is 0.818 bits per heavy atom. The first-order valence-electron chi connectivity index (χ1n) is 9.15. The van der Waals surface area contributed by atoms with E-state index in [1.54, 1.807) is 0 Å². The summed E-state index contributed by atoms with van der Waals surface area (Å²) in [6, 6.07) is 8.14. The van der Waals surface area contributed by atoms with E-state index in [1.807, 2.05) is 12.1 Å². The molecule has 0 unspecified atom stereocenters. The van der Waals surface area contributed by atoms with Gasteiger partial charge >= 0.3 is 0 Å². The van der Waals surface area contributed by atoms with Gasteiger partial charge in [-0.25, -0.2) is 0 Å². The van der Waals surface area contributed by atoms with E-state index in [-0.39, 0.29) is 5.91 Å². The Bertz CT molecular complexity index is 397. The lowest BCUT2D eigenvalue weighted by molar-refractivity contribution is -0.116. The smallest absolute Gasteiger partial charge is 0.224 e. The number of carbonyl (C=O) groups excluding carboxylic acids is 1. The highest BCUT2D eigenvalue weighted by Gasteiger charge is 2.02. The quantitative estimate of drug-likeness (QED) is 0.464. The first kappa shape index (κ1) is 18.7. The number of unbranched alkanes of at least 4 members (excludes halogenated alkanes) is 8. The van der Waals surface area contributed by atoms with Gasteiger partial charge in [-0.1, -0.05) is 77.3 Å². The van der Waals surface area contributed by atoms with Crippen LogP contribution in [0.3, 0.4) is 0 Å². The molecule has 0 aliphatic carbocycles. The minimum atomic E-state index is 0.146. The van der Waals surface area contributed by atoms with E-state index in [0.29, 0.717) is 6.42 Å². The van der Waals surface area contributed by atoms with E-state index in [4.69, 9.17) is 0 Å². The van der Waals surface area contributed by atoms with Crippen molar-refractivity contribution in [1.82, 2.24) is 0 Å². The number of carbonyl (C=O) groups is 1. The van der Waals surface area contributed by atoms with Gasteiger partial charge in [0.05, 0.1) is 0 Å². The summed E-state index contributed by atoms with van der Waals surface area (Å²) in [6.45, 7) is 4.39. The van der Waals surface area contributed by atoms with Gasteiger partial charge in [0.1, 0.15) is 0 Å². The Hall–Kier alpha value is -1.31. The molecule has 1 rings (SSSR count). The highest BCUT2D eigenvalue weighted by molar-refractivity contribution is 5.90. The van der Waals surface area contributed by atoms with E-state index in [2.05, 4.69) is 31.3 Å². The minimum Gasteiger partial charge on any atom is -0.326 e. The topological polar surface area (TPSA) is 29.1 Å². The zero-order valence-corrected chi connectivity index (χ0v) is 14.5. The van der Waals surface area contributed by atoms with Crippen LogP contribution >= 0.6 is 0 Å². The van der Waals surface area contributed by atoms with Crippen molar-refractivity contribution < 1.29 is 4.79 Å². The van der Waals surface area contributed by atoms with Crippen LogP contribution in [0.25, 0.3) is 0 Å². The van der Waals surface area contributed by atoms with Gasteiger partial charge in [0, 0.05) is 12.1 Å². The van der Waals surface area contributed by atoms with Crippen LogP contribution in [0.2, 0.25) is 0 Å². The van der Waals surface area contributed by atoms with E-state index in [1.165, 1.54) is 56.9 Å². The highest BCUT2D eigenvalue weighted by atomic mass is 16.1. The summed E-state index contributed by atoms with van der Waals surface area (Å²) in [5.41, 5.74) is 2.22. The molecule has 0 saturated carbocycles. The molecule has 1 aromatic rings. The molecule has 0 atom stereocenters. The highest BCUT2D eigenvalue weighted by Crippen LogP contribution is 2.13. The molecular formula is C20H33NO. The largest absolute Gasteiger partial charge is 0.326 e. The van der Waals surface area contributed by atoms with Crippen molar-refractivity contribution in [2.75, 3.05) is 5.32 Å². The predicted molar refractivity (Wildman–Crippen MR) is 96.3 cm³/mol. The van der Waals surface area contributed by atoms with Gasteiger partial charge in [-0.3, -0.25) is 4.79 Å². The fraction of sp³-hybridized carbons (Fsp3) is 0.650. The fourth-order valence-electron chi connectivity index (χ4n) is 2.64. The van der Waals surface area contributed by atoms with Gasteiger partial charge in [-0.2, -0.15) is 0 Å². The van der Waals surface area contributed by atoms with Crippen LogP contribution in [-0.2, 0) is 11.2 Å². The normalized spacial score (nSPS) is 10.6. The maximum Gasteiger partial charge on any atom is 0.224 e. The maximum atomic E-state index is 11.9. The molecule has 0 aliphatic heterocycles. The molecule has 0 fully saturated rings. The summed E-state index contributed by atoms with van der Waals surface area (Å²) >= 11 is 0. The van der Waals surface area contributed by atoms with Gasteiger partial charge in [0.25, 0.3) is 0 Å². The lowest BCUT2D eigenvalue weighted by atomic mass is 10.1. The molecule has 0 bridgehead atoms. The molecule has 0 aromatic heterocycles. The third kappa shape index (κ3) is 8.86. The second-order valence-electron chi connectivity index (χ2n) is 6.18. The molecule has 0 aliphatic rings. The van der Waals surface area contributed by atoms with Crippen molar-refractivity contribution in [2.45, 2.75) is 84.5 Å². The summed E-state index contributed by atoms with van der Waals surface area (Å²) in [6.07, 6.45) is 13.3. The molecule has 1 amide bonds. The Morgan fingerprint density at radius 2 is 1.36 bits per heavy atom. The molecule has 22 heavy (non-hydrogen) atoms. The first-order valence-corrected chi connectivity index (χ1v) is 9.15. The van der Waals surface area contributed by atoms with Crippen molar-refractivity contribution in [1.29, 1.82) is 0 Å². The lowest BCUT2D eigenvalue weighted by Gasteiger charge is -2.06. The summed E-state index contributed by atoms with van der Waals surface area (Å²) in [5.74, 6) is 0.146. The van der Waals surface area contributed by atoms with Crippen LogP contribution in [-0.4, -0.2) is 5.91 Å². The first-order chi connectivity index (χ1) is 10.8. The Kier molecular flexibility index (Phi) is 10.4. The van der Waals surface area contributed by atoms with Crippen molar-refractivity contribution >= 4 is 11.6 Å².